The van der Waals surface area contributed by atoms with Gasteiger partial charge in [0.15, 0.2) is 11.5 Å². The number of pyridine rings is 1. The van der Waals surface area contributed by atoms with Crippen LogP contribution in [0.1, 0.15) is 25.0 Å². The zero-order valence-electron chi connectivity index (χ0n) is 16.9. The van der Waals surface area contributed by atoms with Crippen LogP contribution in [0.15, 0.2) is 36.5 Å². The van der Waals surface area contributed by atoms with Crippen LogP contribution >= 0.6 is 0 Å². The second kappa shape index (κ2) is 9.75. The first-order valence-electron chi connectivity index (χ1n) is 9.04. The quantitative estimate of drug-likeness (QED) is 0.605. The summed E-state index contributed by atoms with van der Waals surface area (Å²) in [6.07, 6.45) is 4.87. The topological polar surface area (TPSA) is 98.5 Å². The van der Waals surface area contributed by atoms with Crippen LogP contribution in [0.5, 0.6) is 11.5 Å². The molecule has 7 heteroatoms. The van der Waals surface area contributed by atoms with Crippen molar-refractivity contribution in [2.24, 2.45) is 5.73 Å². The number of benzene rings is 1. The summed E-state index contributed by atoms with van der Waals surface area (Å²) < 4.78 is 10.8. The summed E-state index contributed by atoms with van der Waals surface area (Å²) in [4.78, 5) is 16.5. The normalized spacial score (nSPS) is 13.1. The Morgan fingerprint density at radius 3 is 2.64 bits per heavy atom. The first kappa shape index (κ1) is 21.2. The maximum atomic E-state index is 12.1. The zero-order chi connectivity index (χ0) is 20.7. The number of methoxy groups -OCH3 is 2. The Bertz CT molecular complexity index is 850. The van der Waals surface area contributed by atoms with Crippen LogP contribution in [-0.2, 0) is 4.79 Å². The third-order valence-corrected chi connectivity index (χ3v) is 4.34. The van der Waals surface area contributed by atoms with Crippen LogP contribution in [0.4, 0.5) is 11.5 Å². The molecule has 1 heterocycles. The minimum Gasteiger partial charge on any atom is -0.493 e. The highest BCUT2D eigenvalue weighted by molar-refractivity contribution is 5.92. The molecule has 1 aromatic heterocycles. The average molecular weight is 384 g/mol. The molecule has 2 rings (SSSR count). The number of aromatic nitrogens is 1. The number of carbonyl (C=O) groups is 1. The van der Waals surface area contributed by atoms with Gasteiger partial charge in [-0.15, -0.1) is 0 Å². The average Bonchev–Trinajstić information content (AvgIpc) is 2.66. The second-order valence-electron chi connectivity index (χ2n) is 6.58. The van der Waals surface area contributed by atoms with E-state index in [1.165, 1.54) is 6.08 Å². The lowest BCUT2D eigenvalue weighted by atomic mass is 10.1. The molecule has 1 amide bonds. The van der Waals surface area contributed by atoms with Crippen molar-refractivity contribution in [3.8, 4) is 11.5 Å². The number of nitrogens with two attached hydrogens (primary N) is 1. The highest BCUT2D eigenvalue weighted by Gasteiger charge is 2.11. The fourth-order valence-corrected chi connectivity index (χ4v) is 2.59. The fourth-order valence-electron chi connectivity index (χ4n) is 2.59. The fraction of sp³-hybridized carbons (Fsp3) is 0.333. The molecular weight excluding hydrogens is 356 g/mol. The molecule has 2 atom stereocenters. The van der Waals surface area contributed by atoms with Crippen LogP contribution in [0.3, 0.4) is 0 Å². The summed E-state index contributed by atoms with van der Waals surface area (Å²) in [5.41, 5.74) is 8.29. The maximum absolute atomic E-state index is 12.1. The van der Waals surface area contributed by atoms with Crippen molar-refractivity contribution < 1.29 is 14.3 Å². The molecule has 2 aromatic rings. The largest absolute Gasteiger partial charge is 0.493 e. The number of ether oxygens (including phenoxy) is 2. The van der Waals surface area contributed by atoms with Crippen LogP contribution in [0, 0.1) is 6.92 Å². The van der Waals surface area contributed by atoms with E-state index in [-0.39, 0.29) is 18.0 Å². The molecule has 0 saturated carbocycles. The first-order valence-corrected chi connectivity index (χ1v) is 9.04. The van der Waals surface area contributed by atoms with Crippen molar-refractivity contribution in [3.05, 3.63) is 47.7 Å². The van der Waals surface area contributed by atoms with Crippen molar-refractivity contribution in [2.45, 2.75) is 32.9 Å². The van der Waals surface area contributed by atoms with E-state index in [0.717, 1.165) is 16.8 Å². The lowest BCUT2D eigenvalue weighted by molar-refractivity contribution is -0.117. The van der Waals surface area contributed by atoms with Gasteiger partial charge in [0.05, 0.1) is 14.2 Å². The number of nitrogens with zero attached hydrogens (tertiary/aromatic N) is 1. The third-order valence-electron chi connectivity index (χ3n) is 4.34. The molecule has 0 radical (unpaired) electrons. The molecule has 0 aliphatic carbocycles. The van der Waals surface area contributed by atoms with Crippen LogP contribution in [-0.4, -0.2) is 37.2 Å². The number of carbonyl (C=O) groups excluding carboxylic acids is 1. The molecule has 0 aliphatic heterocycles. The predicted octanol–water partition coefficient (Wildman–Crippen LogP) is 3.02. The Kier molecular flexibility index (Phi) is 7.40. The van der Waals surface area contributed by atoms with Crippen LogP contribution in [0.2, 0.25) is 0 Å². The number of aryl methyl sites for hydroxylation is 1. The summed E-state index contributed by atoms with van der Waals surface area (Å²) in [5.74, 6) is 1.73. The summed E-state index contributed by atoms with van der Waals surface area (Å²) in [7, 11) is 3.20. The van der Waals surface area contributed by atoms with Gasteiger partial charge in [0.25, 0.3) is 0 Å². The van der Waals surface area contributed by atoms with Crippen molar-refractivity contribution in [2.75, 3.05) is 19.5 Å². The minimum absolute atomic E-state index is 0.113. The Morgan fingerprint density at radius 1 is 1.25 bits per heavy atom. The number of rotatable bonds is 8. The molecule has 150 valence electrons. The number of nitrogens with one attached hydrogen (secondary N) is 2. The van der Waals surface area contributed by atoms with Gasteiger partial charge < -0.3 is 25.8 Å². The predicted molar refractivity (Wildman–Crippen MR) is 112 cm³/mol. The summed E-state index contributed by atoms with van der Waals surface area (Å²) in [6.45, 7) is 5.66. The number of amides is 1. The van der Waals surface area contributed by atoms with E-state index in [4.69, 9.17) is 15.2 Å². The van der Waals surface area contributed by atoms with Gasteiger partial charge in [-0.2, -0.15) is 0 Å². The van der Waals surface area contributed by atoms with Gasteiger partial charge in [-0.05, 0) is 50.6 Å². The molecule has 0 fully saturated rings. The Balaban J connectivity index is 2.22. The van der Waals surface area contributed by atoms with Crippen LogP contribution in [0.25, 0.3) is 6.08 Å². The Labute approximate surface area is 165 Å². The van der Waals surface area contributed by atoms with Gasteiger partial charge in [-0.1, -0.05) is 0 Å². The van der Waals surface area contributed by atoms with Gasteiger partial charge >= 0.3 is 0 Å². The van der Waals surface area contributed by atoms with E-state index >= 15 is 0 Å². The van der Waals surface area contributed by atoms with Gasteiger partial charge in [0.1, 0.15) is 5.82 Å². The minimum atomic E-state index is -0.207. The molecule has 0 saturated heterocycles. The Morgan fingerprint density at radius 2 is 2.00 bits per heavy atom. The third kappa shape index (κ3) is 5.47. The van der Waals surface area contributed by atoms with Crippen molar-refractivity contribution in [1.29, 1.82) is 0 Å². The maximum Gasteiger partial charge on any atom is 0.244 e. The van der Waals surface area contributed by atoms with Crippen molar-refractivity contribution >= 4 is 23.5 Å². The molecule has 4 N–H and O–H groups in total. The second-order valence-corrected chi connectivity index (χ2v) is 6.58. The van der Waals surface area contributed by atoms with Crippen molar-refractivity contribution in [3.63, 3.8) is 0 Å². The highest BCUT2D eigenvalue weighted by Crippen LogP contribution is 2.35. The molecular formula is C21H28N4O3. The van der Waals surface area contributed by atoms with Crippen LogP contribution < -0.4 is 25.8 Å². The van der Waals surface area contributed by atoms with Gasteiger partial charge in [-0.25, -0.2) is 4.98 Å². The molecule has 2 unspecified atom stereocenters. The van der Waals surface area contributed by atoms with E-state index < -0.39 is 0 Å². The van der Waals surface area contributed by atoms with E-state index in [2.05, 4.69) is 15.6 Å². The van der Waals surface area contributed by atoms with E-state index in [1.807, 2.05) is 45.0 Å². The molecule has 0 bridgehead atoms. The molecule has 0 spiro atoms. The van der Waals surface area contributed by atoms with E-state index in [0.29, 0.717) is 17.3 Å². The summed E-state index contributed by atoms with van der Waals surface area (Å²) >= 11 is 0. The Hall–Kier alpha value is -3.06. The van der Waals surface area contributed by atoms with Gasteiger partial charge in [0, 0.05) is 41.7 Å². The van der Waals surface area contributed by atoms with E-state index in [9.17, 15) is 4.79 Å². The first-order chi connectivity index (χ1) is 13.3. The molecule has 7 nitrogen and oxygen atoms in total. The smallest absolute Gasteiger partial charge is 0.244 e. The number of hydrogen-bond donors (Lipinski definition) is 3. The molecule has 1 aromatic carbocycles. The molecule has 0 aliphatic rings. The number of anilines is 2. The number of hydrogen-bond acceptors (Lipinski definition) is 6. The van der Waals surface area contributed by atoms with E-state index in [1.54, 1.807) is 26.5 Å². The lowest BCUT2D eigenvalue weighted by Gasteiger charge is -2.16. The molecule has 28 heavy (non-hydrogen) atoms. The SMILES string of the molecule is COc1cc(Nc2ncccc2/C=C/C(=O)NC(C)C(C)N)cc(C)c1OC. The lowest BCUT2D eigenvalue weighted by Crippen LogP contribution is -2.43. The van der Waals surface area contributed by atoms with Crippen molar-refractivity contribution in [1.82, 2.24) is 10.3 Å². The monoisotopic (exact) mass is 384 g/mol. The standard InChI is InChI=1S/C21H28N4O3/c1-13-11-17(12-18(27-4)20(13)28-5)25-21-16(7-6-10-23-21)8-9-19(26)24-15(3)14(2)22/h6-12,14-15H,22H2,1-5H3,(H,23,25)(H,24,26)/b9-8+. The summed E-state index contributed by atoms with van der Waals surface area (Å²) in [6, 6.07) is 7.24. The highest BCUT2D eigenvalue weighted by atomic mass is 16.5. The van der Waals surface area contributed by atoms with Gasteiger partial charge in [0.2, 0.25) is 5.91 Å². The zero-order valence-corrected chi connectivity index (χ0v) is 16.9. The summed E-state index contributed by atoms with van der Waals surface area (Å²) in [5, 5.41) is 6.10. The van der Waals surface area contributed by atoms with Gasteiger partial charge in [-0.3, -0.25) is 4.79 Å².